The Morgan fingerprint density at radius 2 is 1.70 bits per heavy atom. The molecule has 0 amide bonds. The van der Waals surface area contributed by atoms with E-state index in [4.69, 9.17) is 24.7 Å². The Hall–Kier alpha value is -3.82. The van der Waals surface area contributed by atoms with Crippen LogP contribution in [0.4, 0.5) is 5.69 Å². The van der Waals surface area contributed by atoms with Crippen molar-refractivity contribution in [1.82, 2.24) is 0 Å². The first-order chi connectivity index (χ1) is 15.4. The molecule has 0 aromatic heterocycles. The molecule has 1 atom stereocenters. The van der Waals surface area contributed by atoms with E-state index in [0.29, 0.717) is 5.69 Å². The van der Waals surface area contributed by atoms with Gasteiger partial charge in [0.2, 0.25) is 0 Å². The van der Waals surface area contributed by atoms with Crippen molar-refractivity contribution in [2.24, 2.45) is 5.73 Å². The van der Waals surface area contributed by atoms with Crippen molar-refractivity contribution >= 4 is 29.6 Å². The summed E-state index contributed by atoms with van der Waals surface area (Å²) in [4.78, 5) is 53.3. The molecule has 1 spiro atoms. The highest BCUT2D eigenvalue weighted by molar-refractivity contribution is 6.16. The third-order valence-electron chi connectivity index (χ3n) is 5.31. The molecule has 0 bridgehead atoms. The van der Waals surface area contributed by atoms with E-state index in [2.05, 4.69) is 0 Å². The minimum Gasteiger partial charge on any atom is -0.468 e. The summed E-state index contributed by atoms with van der Waals surface area (Å²) < 4.78 is 20.7. The summed E-state index contributed by atoms with van der Waals surface area (Å²) in [5, 5.41) is 0. The molecular weight excluding hydrogens is 432 g/mol. The number of cyclic esters (lactones) is 1. The molecule has 1 aromatic rings. The number of nitrogens with two attached hydrogens (primary N) is 1. The van der Waals surface area contributed by atoms with Crippen molar-refractivity contribution in [3.63, 3.8) is 0 Å². The van der Waals surface area contributed by atoms with E-state index < -0.39 is 34.9 Å². The summed E-state index contributed by atoms with van der Waals surface area (Å²) in [6, 6.07) is 6.45. The molecule has 1 aromatic carbocycles. The van der Waals surface area contributed by atoms with Gasteiger partial charge in [0.1, 0.15) is 34.9 Å². The molecule has 2 aliphatic rings. The minimum absolute atomic E-state index is 0.0281. The predicted molar refractivity (Wildman–Crippen MR) is 115 cm³/mol. The largest absolute Gasteiger partial charge is 0.468 e. The zero-order valence-corrected chi connectivity index (χ0v) is 19.3. The van der Waals surface area contributed by atoms with Crippen LogP contribution < -0.4 is 10.6 Å². The molecule has 2 N–H and O–H groups in total. The highest BCUT2D eigenvalue weighted by Crippen LogP contribution is 2.54. The van der Waals surface area contributed by atoms with Gasteiger partial charge in [-0.15, -0.1) is 0 Å². The van der Waals surface area contributed by atoms with Crippen LogP contribution in [-0.4, -0.2) is 50.2 Å². The lowest BCUT2D eigenvalue weighted by atomic mass is 9.66. The Bertz CT molecular complexity index is 1110. The van der Waals surface area contributed by atoms with Crippen molar-refractivity contribution in [1.29, 1.82) is 0 Å². The maximum absolute atomic E-state index is 13.5. The van der Waals surface area contributed by atoms with Gasteiger partial charge in [0.15, 0.2) is 5.41 Å². The van der Waals surface area contributed by atoms with Gasteiger partial charge in [-0.25, -0.2) is 14.4 Å². The number of ether oxygens (including phenoxy) is 4. The fourth-order valence-electron chi connectivity index (χ4n) is 4.07. The van der Waals surface area contributed by atoms with Crippen LogP contribution in [0.15, 0.2) is 47.0 Å². The van der Waals surface area contributed by atoms with Crippen LogP contribution in [0.25, 0.3) is 0 Å². The Kier molecular flexibility index (Phi) is 5.97. The summed E-state index contributed by atoms with van der Waals surface area (Å²) in [5.74, 6) is -3.64. The summed E-state index contributed by atoms with van der Waals surface area (Å²) >= 11 is 0. The molecule has 0 fully saturated rings. The molecule has 0 saturated carbocycles. The normalized spacial score (nSPS) is 19.9. The van der Waals surface area contributed by atoms with Gasteiger partial charge in [-0.05, 0) is 33.8 Å². The second-order valence-electron chi connectivity index (χ2n) is 8.50. The third-order valence-corrected chi connectivity index (χ3v) is 5.31. The highest BCUT2D eigenvalue weighted by Gasteiger charge is 2.63. The number of carbonyl (C=O) groups is 4. The molecule has 10 heteroatoms. The summed E-state index contributed by atoms with van der Waals surface area (Å²) in [6.07, 6.45) is 0. The van der Waals surface area contributed by atoms with Gasteiger partial charge in [-0.2, -0.15) is 0 Å². The second-order valence-corrected chi connectivity index (χ2v) is 8.50. The number of hydrogen-bond acceptors (Lipinski definition) is 10. The maximum atomic E-state index is 13.5. The van der Waals surface area contributed by atoms with Crippen molar-refractivity contribution in [3.05, 3.63) is 52.6 Å². The summed E-state index contributed by atoms with van der Waals surface area (Å²) in [6.45, 7) is 6.09. The SMILES string of the molecule is COC(=O)CN1C(N)=C(C(=O)OC)[C@@]2(C(=O)OC(C)=C2C(=O)OC(C)(C)C)c2ccccc21. The molecule has 2 heterocycles. The average molecular weight is 458 g/mol. The quantitative estimate of drug-likeness (QED) is 0.521. The van der Waals surface area contributed by atoms with Crippen LogP contribution in [0.1, 0.15) is 33.3 Å². The molecule has 0 aliphatic carbocycles. The van der Waals surface area contributed by atoms with Crippen molar-refractivity contribution < 1.29 is 38.1 Å². The van der Waals surface area contributed by atoms with Crippen molar-refractivity contribution in [2.75, 3.05) is 25.7 Å². The first kappa shape index (κ1) is 23.8. The topological polar surface area (TPSA) is 134 Å². The van der Waals surface area contributed by atoms with Gasteiger partial charge in [0, 0.05) is 11.3 Å². The number of para-hydroxylation sites is 1. The van der Waals surface area contributed by atoms with E-state index in [1.165, 1.54) is 18.9 Å². The van der Waals surface area contributed by atoms with Crippen molar-refractivity contribution in [3.8, 4) is 0 Å². The third kappa shape index (κ3) is 3.71. The Labute approximate surface area is 190 Å². The number of allylic oxidation sites excluding steroid dienone is 1. The van der Waals surface area contributed by atoms with Gasteiger partial charge >= 0.3 is 23.9 Å². The first-order valence-electron chi connectivity index (χ1n) is 10.1. The lowest BCUT2D eigenvalue weighted by Crippen LogP contribution is -2.51. The van der Waals surface area contributed by atoms with Gasteiger partial charge in [0.25, 0.3) is 0 Å². The van der Waals surface area contributed by atoms with E-state index in [0.717, 1.165) is 7.11 Å². The number of methoxy groups -OCH3 is 2. The van der Waals surface area contributed by atoms with Gasteiger partial charge in [0.05, 0.1) is 14.2 Å². The van der Waals surface area contributed by atoms with Gasteiger partial charge < -0.3 is 29.6 Å². The molecule has 0 radical (unpaired) electrons. The minimum atomic E-state index is -2.05. The van der Waals surface area contributed by atoms with E-state index >= 15 is 0 Å². The fraction of sp³-hybridized carbons (Fsp3) is 0.391. The molecule has 0 unspecified atom stereocenters. The number of nitrogens with zero attached hydrogens (tertiary/aromatic N) is 1. The number of carbonyl (C=O) groups excluding carboxylic acids is 4. The first-order valence-corrected chi connectivity index (χ1v) is 10.1. The smallest absolute Gasteiger partial charge is 0.339 e. The molecule has 2 aliphatic heterocycles. The Balaban J connectivity index is 2.41. The summed E-state index contributed by atoms with van der Waals surface area (Å²) in [7, 11) is 2.33. The fourth-order valence-corrected chi connectivity index (χ4v) is 4.07. The Morgan fingerprint density at radius 3 is 2.27 bits per heavy atom. The zero-order chi connectivity index (χ0) is 24.7. The highest BCUT2D eigenvalue weighted by atomic mass is 16.6. The molecule has 33 heavy (non-hydrogen) atoms. The monoisotopic (exact) mass is 458 g/mol. The lowest BCUT2D eigenvalue weighted by Gasteiger charge is -2.41. The van der Waals surface area contributed by atoms with Crippen LogP contribution in [0.5, 0.6) is 0 Å². The number of anilines is 1. The molecular formula is C23H26N2O8. The molecule has 3 rings (SSSR count). The maximum Gasteiger partial charge on any atom is 0.339 e. The molecule has 10 nitrogen and oxygen atoms in total. The molecule has 176 valence electrons. The summed E-state index contributed by atoms with van der Waals surface area (Å²) in [5.41, 5.74) is 3.43. The van der Waals surface area contributed by atoms with Crippen molar-refractivity contribution in [2.45, 2.75) is 38.7 Å². The van der Waals surface area contributed by atoms with Gasteiger partial charge in [-0.1, -0.05) is 18.2 Å². The van der Waals surface area contributed by atoms with E-state index in [9.17, 15) is 19.2 Å². The van der Waals surface area contributed by atoms with Crippen LogP contribution in [0.2, 0.25) is 0 Å². The number of hydrogen-bond donors (Lipinski definition) is 1. The van der Waals surface area contributed by atoms with Crippen LogP contribution in [0, 0.1) is 0 Å². The number of esters is 4. The second kappa shape index (κ2) is 8.27. The number of fused-ring (bicyclic) bond motifs is 2. The zero-order valence-electron chi connectivity index (χ0n) is 19.3. The van der Waals surface area contributed by atoms with E-state index in [1.54, 1.807) is 45.0 Å². The van der Waals surface area contributed by atoms with Crippen LogP contribution >= 0.6 is 0 Å². The lowest BCUT2D eigenvalue weighted by molar-refractivity contribution is -0.152. The average Bonchev–Trinajstić information content (AvgIpc) is 2.99. The Morgan fingerprint density at radius 1 is 1.06 bits per heavy atom. The van der Waals surface area contributed by atoms with Gasteiger partial charge in [-0.3, -0.25) is 4.79 Å². The van der Waals surface area contributed by atoms with E-state index in [-0.39, 0.29) is 34.8 Å². The number of rotatable bonds is 4. The molecule has 0 saturated heterocycles. The van der Waals surface area contributed by atoms with E-state index in [1.807, 2.05) is 0 Å². The van der Waals surface area contributed by atoms with Crippen LogP contribution in [-0.2, 0) is 43.5 Å². The standard InChI is InChI=1S/C23H26N2O8/c1-12-16(20(28)33-22(2,3)4)23(21(29)32-12)13-9-7-8-10-14(13)25(11-15(26)30-5)18(24)17(23)19(27)31-6/h7-10H,11,24H2,1-6H3/t23-/m1/s1. The number of benzene rings is 1. The predicted octanol–water partition coefficient (Wildman–Crippen LogP) is 1.43. The van der Waals surface area contributed by atoms with Crippen LogP contribution in [0.3, 0.4) is 0 Å².